The molecule has 0 spiro atoms. The number of halogens is 2. The molecule has 1 aliphatic rings. The lowest BCUT2D eigenvalue weighted by Crippen LogP contribution is -2.43. The van der Waals surface area contributed by atoms with Gasteiger partial charge in [-0.2, -0.15) is 0 Å². The zero-order chi connectivity index (χ0) is 13.4. The van der Waals surface area contributed by atoms with Crippen LogP contribution in [0, 0.1) is 13.8 Å². The maximum atomic E-state index is 6.40. The van der Waals surface area contributed by atoms with Crippen LogP contribution in [-0.4, -0.2) is 31.2 Å². The lowest BCUT2D eigenvalue weighted by molar-refractivity contribution is 0.590. The molecular formula is C15H19Cl2N3. The average Bonchev–Trinajstić information content (AvgIpc) is 2.42. The Morgan fingerprint density at radius 2 is 1.80 bits per heavy atom. The van der Waals surface area contributed by atoms with Crippen LogP contribution in [0.2, 0.25) is 5.02 Å². The van der Waals surface area contributed by atoms with Crippen LogP contribution in [0.1, 0.15) is 11.1 Å². The monoisotopic (exact) mass is 311 g/mol. The molecule has 3 nitrogen and oxygen atoms in total. The maximum absolute atomic E-state index is 6.40. The van der Waals surface area contributed by atoms with Gasteiger partial charge in [-0.25, -0.2) is 0 Å². The Kier molecular flexibility index (Phi) is 4.74. The molecule has 1 aromatic carbocycles. The van der Waals surface area contributed by atoms with Crippen molar-refractivity contribution in [1.29, 1.82) is 0 Å². The number of piperazine rings is 1. The fourth-order valence-corrected chi connectivity index (χ4v) is 2.89. The Hall–Kier alpha value is -1.03. The number of fused-ring (bicyclic) bond motifs is 1. The van der Waals surface area contributed by atoms with E-state index in [1.165, 1.54) is 11.1 Å². The smallest absolute Gasteiger partial charge is 0.0829 e. The zero-order valence-corrected chi connectivity index (χ0v) is 13.3. The van der Waals surface area contributed by atoms with Gasteiger partial charge in [0.2, 0.25) is 0 Å². The normalized spacial score (nSPS) is 15.2. The largest absolute Gasteiger partial charge is 0.367 e. The number of rotatable bonds is 1. The van der Waals surface area contributed by atoms with E-state index in [-0.39, 0.29) is 12.4 Å². The number of aromatic nitrogens is 1. The third-order valence-electron chi connectivity index (χ3n) is 3.84. The highest BCUT2D eigenvalue weighted by Crippen LogP contribution is 2.34. The van der Waals surface area contributed by atoms with Crippen molar-refractivity contribution in [2.24, 2.45) is 0 Å². The van der Waals surface area contributed by atoms with Crippen LogP contribution in [0.25, 0.3) is 10.9 Å². The fraction of sp³-hybridized carbons (Fsp3) is 0.400. The van der Waals surface area contributed by atoms with Crippen molar-refractivity contribution in [3.63, 3.8) is 0 Å². The Morgan fingerprint density at radius 3 is 2.50 bits per heavy atom. The molecule has 3 rings (SSSR count). The molecule has 1 N–H and O–H groups in total. The second kappa shape index (κ2) is 6.17. The van der Waals surface area contributed by atoms with E-state index in [1.54, 1.807) is 6.20 Å². The number of nitrogens with one attached hydrogen (secondary N) is 1. The predicted molar refractivity (Wildman–Crippen MR) is 88.6 cm³/mol. The molecule has 20 heavy (non-hydrogen) atoms. The number of nitrogens with zero attached hydrogens (tertiary/aromatic N) is 2. The van der Waals surface area contributed by atoms with Gasteiger partial charge in [-0.15, -0.1) is 12.4 Å². The molecular weight excluding hydrogens is 293 g/mol. The van der Waals surface area contributed by atoms with E-state index in [0.29, 0.717) is 0 Å². The van der Waals surface area contributed by atoms with Gasteiger partial charge in [-0.1, -0.05) is 11.6 Å². The fourth-order valence-electron chi connectivity index (χ4n) is 2.62. The topological polar surface area (TPSA) is 28.2 Å². The van der Waals surface area contributed by atoms with Crippen LogP contribution in [0.15, 0.2) is 18.3 Å². The number of aryl methyl sites for hydroxylation is 2. The minimum Gasteiger partial charge on any atom is -0.367 e. The van der Waals surface area contributed by atoms with Crippen LogP contribution in [0.4, 0.5) is 5.69 Å². The van der Waals surface area contributed by atoms with Crippen molar-refractivity contribution in [3.8, 4) is 0 Å². The molecule has 1 fully saturated rings. The van der Waals surface area contributed by atoms with Gasteiger partial charge in [0.15, 0.2) is 0 Å². The lowest BCUT2D eigenvalue weighted by Gasteiger charge is -2.31. The highest BCUT2D eigenvalue weighted by atomic mass is 35.5. The van der Waals surface area contributed by atoms with Crippen molar-refractivity contribution in [2.75, 3.05) is 31.1 Å². The third-order valence-corrected chi connectivity index (χ3v) is 4.12. The minimum absolute atomic E-state index is 0. The number of benzene rings is 1. The molecule has 2 aromatic rings. The Morgan fingerprint density at radius 1 is 1.15 bits per heavy atom. The summed E-state index contributed by atoms with van der Waals surface area (Å²) in [7, 11) is 0. The van der Waals surface area contributed by atoms with Crippen molar-refractivity contribution in [1.82, 2.24) is 10.3 Å². The van der Waals surface area contributed by atoms with E-state index < -0.39 is 0 Å². The molecule has 108 valence electrons. The van der Waals surface area contributed by atoms with Gasteiger partial charge < -0.3 is 10.2 Å². The SMILES string of the molecule is Cc1cc2ncc(Cl)c(N3CCNCC3)c2cc1C.Cl. The summed E-state index contributed by atoms with van der Waals surface area (Å²) in [4.78, 5) is 6.82. The van der Waals surface area contributed by atoms with Gasteiger partial charge >= 0.3 is 0 Å². The van der Waals surface area contributed by atoms with E-state index in [9.17, 15) is 0 Å². The van der Waals surface area contributed by atoms with Gasteiger partial charge in [0, 0.05) is 37.8 Å². The van der Waals surface area contributed by atoms with Crippen molar-refractivity contribution >= 4 is 40.6 Å². The summed E-state index contributed by atoms with van der Waals surface area (Å²) >= 11 is 6.40. The second-order valence-electron chi connectivity index (χ2n) is 5.15. The van der Waals surface area contributed by atoms with Gasteiger partial charge in [-0.05, 0) is 37.1 Å². The molecule has 0 unspecified atom stereocenters. The van der Waals surface area contributed by atoms with Crippen LogP contribution < -0.4 is 10.2 Å². The van der Waals surface area contributed by atoms with E-state index >= 15 is 0 Å². The highest BCUT2D eigenvalue weighted by molar-refractivity contribution is 6.34. The average molecular weight is 312 g/mol. The first-order valence-electron chi connectivity index (χ1n) is 6.68. The van der Waals surface area contributed by atoms with Crippen LogP contribution in [0.5, 0.6) is 0 Å². The van der Waals surface area contributed by atoms with Crippen LogP contribution in [0.3, 0.4) is 0 Å². The molecule has 0 bridgehead atoms. The summed E-state index contributed by atoms with van der Waals surface area (Å²) in [6, 6.07) is 4.35. The molecule has 2 heterocycles. The number of pyridine rings is 1. The summed E-state index contributed by atoms with van der Waals surface area (Å²) in [6.45, 7) is 8.25. The lowest BCUT2D eigenvalue weighted by atomic mass is 10.0. The summed E-state index contributed by atoms with van der Waals surface area (Å²) < 4.78 is 0. The quantitative estimate of drug-likeness (QED) is 0.875. The molecule has 1 aliphatic heterocycles. The summed E-state index contributed by atoms with van der Waals surface area (Å²) in [5.74, 6) is 0. The highest BCUT2D eigenvalue weighted by Gasteiger charge is 2.17. The third kappa shape index (κ3) is 2.71. The first-order valence-corrected chi connectivity index (χ1v) is 7.06. The van der Waals surface area contributed by atoms with E-state index in [4.69, 9.17) is 11.6 Å². The first kappa shape index (κ1) is 15.4. The van der Waals surface area contributed by atoms with Crippen LogP contribution in [-0.2, 0) is 0 Å². The van der Waals surface area contributed by atoms with Gasteiger partial charge in [0.1, 0.15) is 0 Å². The van der Waals surface area contributed by atoms with Crippen molar-refractivity contribution in [2.45, 2.75) is 13.8 Å². The Bertz CT molecular complexity index is 622. The Balaban J connectivity index is 0.00000147. The molecule has 0 aliphatic carbocycles. The van der Waals surface area contributed by atoms with Crippen LogP contribution >= 0.6 is 24.0 Å². The summed E-state index contributed by atoms with van der Waals surface area (Å²) in [6.07, 6.45) is 1.77. The zero-order valence-electron chi connectivity index (χ0n) is 11.7. The van der Waals surface area contributed by atoms with E-state index in [2.05, 4.69) is 41.2 Å². The molecule has 0 atom stereocenters. The van der Waals surface area contributed by atoms with Gasteiger partial charge in [0.25, 0.3) is 0 Å². The van der Waals surface area contributed by atoms with Gasteiger partial charge in [-0.3, -0.25) is 4.98 Å². The maximum Gasteiger partial charge on any atom is 0.0829 e. The number of hydrogen-bond donors (Lipinski definition) is 1. The minimum atomic E-state index is 0. The second-order valence-corrected chi connectivity index (χ2v) is 5.55. The molecule has 1 aromatic heterocycles. The number of anilines is 1. The van der Waals surface area contributed by atoms with Crippen molar-refractivity contribution < 1.29 is 0 Å². The molecule has 0 amide bonds. The summed E-state index contributed by atoms with van der Waals surface area (Å²) in [5.41, 5.74) is 4.72. The van der Waals surface area contributed by atoms with Gasteiger partial charge in [0.05, 0.1) is 16.2 Å². The van der Waals surface area contributed by atoms with E-state index in [0.717, 1.165) is 47.8 Å². The Labute approximate surface area is 130 Å². The molecule has 5 heteroatoms. The molecule has 0 radical (unpaired) electrons. The predicted octanol–water partition coefficient (Wildman–Crippen LogP) is 3.34. The molecule has 0 saturated carbocycles. The standard InChI is InChI=1S/C15H18ClN3.ClH/c1-10-7-12-14(8-11(10)2)18-9-13(16)15(12)19-5-3-17-4-6-19;/h7-9,17H,3-6H2,1-2H3;1H. The molecule has 1 saturated heterocycles. The van der Waals surface area contributed by atoms with Crippen molar-refractivity contribution in [3.05, 3.63) is 34.5 Å². The summed E-state index contributed by atoms with van der Waals surface area (Å²) in [5, 5.41) is 5.28. The first-order chi connectivity index (χ1) is 9.16. The number of hydrogen-bond acceptors (Lipinski definition) is 3. The van der Waals surface area contributed by atoms with E-state index in [1.807, 2.05) is 0 Å².